The topological polar surface area (TPSA) is 49.3 Å². The minimum Gasteiger partial charge on any atom is -0.465 e. The van der Waals surface area contributed by atoms with Gasteiger partial charge in [0.1, 0.15) is 5.82 Å². The first kappa shape index (κ1) is 18.4. The lowest BCUT2D eigenvalue weighted by atomic mass is 9.85. The van der Waals surface area contributed by atoms with Crippen LogP contribution in [0.15, 0.2) is 36.4 Å². The highest BCUT2D eigenvalue weighted by molar-refractivity contribution is 5.69. The lowest BCUT2D eigenvalue weighted by Crippen LogP contribution is -2.34. The molecule has 3 rings (SSSR count). The van der Waals surface area contributed by atoms with E-state index in [-0.39, 0.29) is 16.6 Å². The molecule has 0 fully saturated rings. The molecule has 3 nitrogen and oxygen atoms in total. The fourth-order valence-electron chi connectivity index (χ4n) is 3.84. The largest absolute Gasteiger partial charge is 0.465 e. The maximum absolute atomic E-state index is 14.9. The van der Waals surface area contributed by atoms with Crippen molar-refractivity contribution in [1.82, 2.24) is 5.32 Å². The first-order chi connectivity index (χ1) is 12.0. The lowest BCUT2D eigenvalue weighted by molar-refractivity contribution is 0.175. The van der Waals surface area contributed by atoms with Gasteiger partial charge in [-0.3, -0.25) is 0 Å². The molecule has 1 aliphatic rings. The third-order valence-electron chi connectivity index (χ3n) is 5.27. The van der Waals surface area contributed by atoms with Gasteiger partial charge >= 0.3 is 6.09 Å². The Morgan fingerprint density at radius 2 is 1.92 bits per heavy atom. The van der Waals surface area contributed by atoms with E-state index < -0.39 is 12.1 Å². The molecule has 0 bridgehead atoms. The Morgan fingerprint density at radius 1 is 1.23 bits per heavy atom. The van der Waals surface area contributed by atoms with E-state index in [1.165, 1.54) is 6.07 Å². The number of rotatable bonds is 2. The summed E-state index contributed by atoms with van der Waals surface area (Å²) in [6, 6.07) is 11.0. The van der Waals surface area contributed by atoms with Crippen molar-refractivity contribution in [3.8, 4) is 11.1 Å². The van der Waals surface area contributed by atoms with E-state index in [9.17, 15) is 9.18 Å². The van der Waals surface area contributed by atoms with Crippen LogP contribution < -0.4 is 5.32 Å². The second-order valence-corrected chi connectivity index (χ2v) is 8.91. The number of fused-ring (bicyclic) bond motifs is 1. The standard InChI is InChI=1S/C22H26FNO2/c1-21(2,3)15-8-6-7-13(9-15)16-10-14-12-22(4,5)19(24-20(25)26)17(14)11-18(16)23/h6-11,19,24H,12H2,1-5H3,(H,25,26). The van der Waals surface area contributed by atoms with Crippen molar-refractivity contribution in [2.45, 2.75) is 52.5 Å². The lowest BCUT2D eigenvalue weighted by Gasteiger charge is -2.27. The van der Waals surface area contributed by atoms with Gasteiger partial charge in [-0.25, -0.2) is 9.18 Å². The minimum atomic E-state index is -1.08. The average molecular weight is 355 g/mol. The van der Waals surface area contributed by atoms with Crippen LogP contribution in [0.3, 0.4) is 0 Å². The van der Waals surface area contributed by atoms with Gasteiger partial charge in [0.25, 0.3) is 0 Å². The van der Waals surface area contributed by atoms with Crippen molar-refractivity contribution in [1.29, 1.82) is 0 Å². The van der Waals surface area contributed by atoms with E-state index in [0.29, 0.717) is 12.0 Å². The molecular weight excluding hydrogens is 329 g/mol. The van der Waals surface area contributed by atoms with Gasteiger partial charge < -0.3 is 10.4 Å². The first-order valence-electron chi connectivity index (χ1n) is 8.92. The van der Waals surface area contributed by atoms with Crippen molar-refractivity contribution in [2.24, 2.45) is 5.41 Å². The molecule has 0 saturated heterocycles. The Balaban J connectivity index is 2.08. The molecule has 26 heavy (non-hydrogen) atoms. The SMILES string of the molecule is CC(C)(C)c1cccc(-c2cc3c(cc2F)C(NC(=O)O)C(C)(C)C3)c1. The van der Waals surface area contributed by atoms with E-state index in [4.69, 9.17) is 5.11 Å². The van der Waals surface area contributed by atoms with Crippen molar-refractivity contribution >= 4 is 6.09 Å². The van der Waals surface area contributed by atoms with Crippen LogP contribution in [0.4, 0.5) is 9.18 Å². The summed E-state index contributed by atoms with van der Waals surface area (Å²) in [7, 11) is 0. The molecule has 2 aromatic carbocycles. The van der Waals surface area contributed by atoms with Gasteiger partial charge in [-0.2, -0.15) is 0 Å². The average Bonchev–Trinajstić information content (AvgIpc) is 2.76. The van der Waals surface area contributed by atoms with Crippen molar-refractivity contribution in [2.75, 3.05) is 0 Å². The molecule has 0 aliphatic heterocycles. The van der Waals surface area contributed by atoms with Crippen LogP contribution in [-0.2, 0) is 11.8 Å². The zero-order chi connectivity index (χ0) is 19.3. The minimum absolute atomic E-state index is 0.0122. The molecule has 4 heteroatoms. The molecule has 138 valence electrons. The molecule has 1 unspecified atom stereocenters. The summed E-state index contributed by atoms with van der Waals surface area (Å²) in [5.41, 5.74) is 4.02. The smallest absolute Gasteiger partial charge is 0.405 e. The van der Waals surface area contributed by atoms with Crippen molar-refractivity contribution in [3.63, 3.8) is 0 Å². The van der Waals surface area contributed by atoms with Crippen molar-refractivity contribution < 1.29 is 14.3 Å². The monoisotopic (exact) mass is 355 g/mol. The predicted octanol–water partition coefficient (Wildman–Crippen LogP) is 5.68. The summed E-state index contributed by atoms with van der Waals surface area (Å²) in [4.78, 5) is 11.2. The summed E-state index contributed by atoms with van der Waals surface area (Å²) < 4.78 is 14.9. The Labute approximate surface area is 154 Å². The van der Waals surface area contributed by atoms with Gasteiger partial charge in [-0.05, 0) is 51.6 Å². The van der Waals surface area contributed by atoms with Gasteiger partial charge in [0.15, 0.2) is 0 Å². The Hall–Kier alpha value is -2.36. The van der Waals surface area contributed by atoms with E-state index in [2.05, 4.69) is 32.2 Å². The van der Waals surface area contributed by atoms with E-state index in [1.54, 1.807) is 0 Å². The summed E-state index contributed by atoms with van der Waals surface area (Å²) in [6.45, 7) is 10.4. The third-order valence-corrected chi connectivity index (χ3v) is 5.27. The summed E-state index contributed by atoms with van der Waals surface area (Å²) in [6.07, 6.45) is -0.377. The number of nitrogens with one attached hydrogen (secondary N) is 1. The highest BCUT2D eigenvalue weighted by atomic mass is 19.1. The molecule has 0 saturated carbocycles. The maximum atomic E-state index is 14.9. The van der Waals surface area contributed by atoms with Gasteiger partial charge in [0, 0.05) is 5.56 Å². The molecular formula is C22H26FNO2. The second kappa shape index (κ2) is 6.11. The molecule has 2 aromatic rings. The number of carbonyl (C=O) groups is 1. The number of halogens is 1. The van der Waals surface area contributed by atoms with Crippen LogP contribution in [0.2, 0.25) is 0 Å². The summed E-state index contributed by atoms with van der Waals surface area (Å²) in [5, 5.41) is 11.7. The molecule has 0 aromatic heterocycles. The van der Waals surface area contributed by atoms with Gasteiger partial charge in [-0.1, -0.05) is 58.9 Å². The quantitative estimate of drug-likeness (QED) is 0.728. The molecule has 2 N–H and O–H groups in total. The number of hydrogen-bond acceptors (Lipinski definition) is 1. The van der Waals surface area contributed by atoms with Crippen molar-refractivity contribution in [3.05, 3.63) is 58.9 Å². The maximum Gasteiger partial charge on any atom is 0.405 e. The fourth-order valence-corrected chi connectivity index (χ4v) is 3.84. The van der Waals surface area contributed by atoms with Crippen LogP contribution in [0.5, 0.6) is 0 Å². The van der Waals surface area contributed by atoms with Crippen LogP contribution in [0.25, 0.3) is 11.1 Å². The molecule has 1 atom stereocenters. The van der Waals surface area contributed by atoms with Crippen LogP contribution in [-0.4, -0.2) is 11.2 Å². The third kappa shape index (κ3) is 3.33. The molecule has 1 aliphatic carbocycles. The fraction of sp³-hybridized carbons (Fsp3) is 0.409. The Bertz CT molecular complexity index is 865. The number of hydrogen-bond donors (Lipinski definition) is 2. The molecule has 0 heterocycles. The normalized spacial score (nSPS) is 18.5. The zero-order valence-corrected chi connectivity index (χ0v) is 16.0. The van der Waals surface area contributed by atoms with Crippen LogP contribution in [0.1, 0.15) is 57.4 Å². The van der Waals surface area contributed by atoms with Gasteiger partial charge in [0.2, 0.25) is 0 Å². The van der Waals surface area contributed by atoms with Crippen LogP contribution in [0, 0.1) is 11.2 Å². The summed E-state index contributed by atoms with van der Waals surface area (Å²) >= 11 is 0. The number of carboxylic acid groups (broad SMARTS) is 1. The second-order valence-electron chi connectivity index (χ2n) is 8.91. The van der Waals surface area contributed by atoms with Gasteiger partial charge in [0.05, 0.1) is 6.04 Å². The molecule has 1 amide bonds. The van der Waals surface area contributed by atoms with E-state index in [1.807, 2.05) is 38.1 Å². The molecule has 0 spiro atoms. The highest BCUT2D eigenvalue weighted by Crippen LogP contribution is 2.47. The number of benzene rings is 2. The number of amides is 1. The Morgan fingerprint density at radius 3 is 2.54 bits per heavy atom. The first-order valence-corrected chi connectivity index (χ1v) is 8.92. The van der Waals surface area contributed by atoms with Gasteiger partial charge in [-0.15, -0.1) is 0 Å². The van der Waals surface area contributed by atoms with E-state index >= 15 is 0 Å². The Kier molecular flexibility index (Phi) is 4.33. The van der Waals surface area contributed by atoms with E-state index in [0.717, 1.165) is 22.3 Å². The highest BCUT2D eigenvalue weighted by Gasteiger charge is 2.40. The summed E-state index contributed by atoms with van der Waals surface area (Å²) in [5.74, 6) is -0.315. The molecule has 0 radical (unpaired) electrons. The zero-order valence-electron chi connectivity index (χ0n) is 16.0. The van der Waals surface area contributed by atoms with Crippen LogP contribution >= 0.6 is 0 Å². The predicted molar refractivity (Wildman–Crippen MR) is 102 cm³/mol.